The maximum atomic E-state index is 10.3. The second-order valence-corrected chi connectivity index (χ2v) is 3.42. The summed E-state index contributed by atoms with van der Waals surface area (Å²) in [6.45, 7) is 0. The summed E-state index contributed by atoms with van der Waals surface area (Å²) in [5, 5.41) is 0. The molecule has 0 bridgehead atoms. The van der Waals surface area contributed by atoms with Gasteiger partial charge in [-0.1, -0.05) is 0 Å². The third-order valence-electron chi connectivity index (χ3n) is 0.936. The van der Waals surface area contributed by atoms with Gasteiger partial charge in [0.25, 0.3) is 0 Å². The molecule has 8 heavy (non-hydrogen) atoms. The molecule has 0 radical (unpaired) electrons. The standard InChI is InChI=1S/C6H7AsO/c8-7-6-4-2-1-3-5-6/h1-5H,7H2. The fraction of sp³-hybridized carbons (Fsp3) is 0. The van der Waals surface area contributed by atoms with Gasteiger partial charge in [-0.05, 0) is 0 Å². The Kier molecular flexibility index (Phi) is 1.99. The summed E-state index contributed by atoms with van der Waals surface area (Å²) in [5.41, 5.74) is 0. The molecule has 2 heteroatoms. The van der Waals surface area contributed by atoms with E-state index in [1.807, 2.05) is 30.3 Å². The van der Waals surface area contributed by atoms with Gasteiger partial charge in [0.05, 0.1) is 0 Å². The van der Waals surface area contributed by atoms with Crippen molar-refractivity contribution in [3.63, 3.8) is 0 Å². The Morgan fingerprint density at radius 2 is 1.75 bits per heavy atom. The molecular weight excluding hydrogens is 163 g/mol. The van der Waals surface area contributed by atoms with Gasteiger partial charge in [-0.15, -0.1) is 0 Å². The maximum absolute atomic E-state index is 10.3. The minimum absolute atomic E-state index is 1.01. The van der Waals surface area contributed by atoms with Crippen molar-refractivity contribution in [2.24, 2.45) is 0 Å². The SMILES string of the molecule is O=[AsH2]c1ccccc1. The summed E-state index contributed by atoms with van der Waals surface area (Å²) < 4.78 is 11.3. The zero-order chi connectivity index (χ0) is 5.82. The number of hydrogen-bond acceptors (Lipinski definition) is 1. The Morgan fingerprint density at radius 3 is 2.12 bits per heavy atom. The zero-order valence-electron chi connectivity index (χ0n) is 4.37. The molecule has 1 atom stereocenters. The van der Waals surface area contributed by atoms with Crippen molar-refractivity contribution in [1.29, 1.82) is 0 Å². The van der Waals surface area contributed by atoms with E-state index in [2.05, 4.69) is 0 Å². The van der Waals surface area contributed by atoms with E-state index in [4.69, 9.17) is 0 Å². The van der Waals surface area contributed by atoms with Gasteiger partial charge < -0.3 is 0 Å². The predicted octanol–water partition coefficient (Wildman–Crippen LogP) is -0.174. The molecule has 0 saturated carbocycles. The summed E-state index contributed by atoms with van der Waals surface area (Å²) in [7, 11) is 0. The summed E-state index contributed by atoms with van der Waals surface area (Å²) in [6.07, 6.45) is 0. The summed E-state index contributed by atoms with van der Waals surface area (Å²) in [6, 6.07) is 9.53. The van der Waals surface area contributed by atoms with E-state index in [0.717, 1.165) is 4.35 Å². The summed E-state index contributed by atoms with van der Waals surface area (Å²) in [4.78, 5) is 0. The molecule has 0 aliphatic carbocycles. The van der Waals surface area contributed by atoms with Gasteiger partial charge in [0, 0.05) is 0 Å². The zero-order valence-corrected chi connectivity index (χ0v) is 6.79. The molecule has 0 heterocycles. The first-order valence-electron chi connectivity index (χ1n) is 2.44. The van der Waals surface area contributed by atoms with Gasteiger partial charge in [-0.2, -0.15) is 0 Å². The Hall–Kier alpha value is -0.422. The van der Waals surface area contributed by atoms with Crippen LogP contribution < -0.4 is 4.35 Å². The van der Waals surface area contributed by atoms with Crippen molar-refractivity contribution in [3.8, 4) is 0 Å². The summed E-state index contributed by atoms with van der Waals surface area (Å²) >= 11 is -1.29. The van der Waals surface area contributed by atoms with E-state index >= 15 is 0 Å². The number of hydrogen-bond donors (Lipinski definition) is 0. The van der Waals surface area contributed by atoms with Crippen molar-refractivity contribution < 1.29 is 3.74 Å². The molecule has 0 aromatic heterocycles. The molecule has 0 aliphatic rings. The fourth-order valence-electron chi connectivity index (χ4n) is 0.532. The molecular formula is C6H7AsO. The second-order valence-electron chi connectivity index (χ2n) is 1.53. The molecule has 42 valence electrons. The van der Waals surface area contributed by atoms with Crippen LogP contribution in [0.15, 0.2) is 30.3 Å². The van der Waals surface area contributed by atoms with E-state index < -0.39 is 15.7 Å². The Balaban J connectivity index is 2.99. The first kappa shape index (κ1) is 5.71. The Morgan fingerprint density at radius 1 is 1.12 bits per heavy atom. The molecule has 0 fully saturated rings. The molecule has 0 N–H and O–H groups in total. The summed E-state index contributed by atoms with van der Waals surface area (Å²) in [5.74, 6) is 0. The Bertz CT molecular complexity index is 171. The Labute approximate surface area is 54.6 Å². The van der Waals surface area contributed by atoms with E-state index in [0.29, 0.717) is 0 Å². The first-order valence-corrected chi connectivity index (χ1v) is 4.64. The first-order chi connectivity index (χ1) is 3.93. The monoisotopic (exact) mass is 170 g/mol. The van der Waals surface area contributed by atoms with Crippen LogP contribution >= 0.6 is 0 Å². The van der Waals surface area contributed by atoms with Crippen LogP contribution in [-0.4, -0.2) is 15.7 Å². The molecule has 0 spiro atoms. The van der Waals surface area contributed by atoms with Gasteiger partial charge in [0.15, 0.2) is 0 Å². The molecule has 1 aromatic rings. The average molecular weight is 170 g/mol. The van der Waals surface area contributed by atoms with Gasteiger partial charge >= 0.3 is 54.1 Å². The quantitative estimate of drug-likeness (QED) is 0.534. The van der Waals surface area contributed by atoms with E-state index in [1.165, 1.54) is 0 Å². The number of rotatable bonds is 1. The van der Waals surface area contributed by atoms with Crippen LogP contribution in [0.2, 0.25) is 0 Å². The van der Waals surface area contributed by atoms with Crippen LogP contribution in [0.1, 0.15) is 0 Å². The van der Waals surface area contributed by atoms with Crippen LogP contribution in [0.3, 0.4) is 0 Å². The van der Waals surface area contributed by atoms with Crippen molar-refractivity contribution in [2.75, 3.05) is 0 Å². The van der Waals surface area contributed by atoms with Crippen LogP contribution in [0, 0.1) is 0 Å². The van der Waals surface area contributed by atoms with Crippen molar-refractivity contribution in [3.05, 3.63) is 30.3 Å². The predicted molar refractivity (Wildman–Crippen MR) is 35.3 cm³/mol. The van der Waals surface area contributed by atoms with E-state index in [-0.39, 0.29) is 0 Å². The minimum atomic E-state index is -1.29. The van der Waals surface area contributed by atoms with Crippen LogP contribution in [0.4, 0.5) is 0 Å². The fourth-order valence-corrected chi connectivity index (χ4v) is 1.33. The topological polar surface area (TPSA) is 17.1 Å². The van der Waals surface area contributed by atoms with Crippen LogP contribution in [0.5, 0.6) is 0 Å². The molecule has 0 saturated heterocycles. The van der Waals surface area contributed by atoms with Gasteiger partial charge in [-0.25, -0.2) is 0 Å². The van der Waals surface area contributed by atoms with Crippen LogP contribution in [-0.2, 0) is 3.74 Å². The van der Waals surface area contributed by atoms with Gasteiger partial charge in [0.2, 0.25) is 0 Å². The normalized spacial score (nSPS) is 10.5. The third kappa shape index (κ3) is 1.27. The molecule has 0 aliphatic heterocycles. The molecule has 1 nitrogen and oxygen atoms in total. The van der Waals surface area contributed by atoms with Gasteiger partial charge in [0.1, 0.15) is 0 Å². The van der Waals surface area contributed by atoms with Crippen LogP contribution in [0.25, 0.3) is 0 Å². The van der Waals surface area contributed by atoms with Crippen molar-refractivity contribution >= 4 is 20.0 Å². The molecule has 1 unspecified atom stereocenters. The van der Waals surface area contributed by atoms with Crippen molar-refractivity contribution in [2.45, 2.75) is 0 Å². The average Bonchev–Trinajstić information content (AvgIpc) is 1.90. The molecule has 0 amide bonds. The van der Waals surface area contributed by atoms with Gasteiger partial charge in [-0.3, -0.25) is 0 Å². The second kappa shape index (κ2) is 2.78. The van der Waals surface area contributed by atoms with E-state index in [1.54, 1.807) is 0 Å². The molecule has 1 aromatic carbocycles. The van der Waals surface area contributed by atoms with Crippen molar-refractivity contribution in [1.82, 2.24) is 0 Å². The van der Waals surface area contributed by atoms with E-state index in [9.17, 15) is 3.74 Å². The third-order valence-corrected chi connectivity index (χ3v) is 2.31. The number of benzene rings is 1. The molecule has 1 rings (SSSR count).